The molecular weight excluding hydrogens is 126 g/mol. The highest BCUT2D eigenvalue weighted by Crippen LogP contribution is 2.16. The average molecular weight is 143 g/mol. The Morgan fingerprint density at radius 2 is 2.10 bits per heavy atom. The minimum absolute atomic E-state index is 0.327. The van der Waals surface area contributed by atoms with E-state index in [-0.39, 0.29) is 0 Å². The van der Waals surface area contributed by atoms with E-state index in [0.29, 0.717) is 12.6 Å². The molecule has 10 heavy (non-hydrogen) atoms. The van der Waals surface area contributed by atoms with E-state index in [0.717, 1.165) is 12.5 Å². The molecule has 2 atom stereocenters. The maximum Gasteiger partial charge on any atom is 0.0445 e. The van der Waals surface area contributed by atoms with Crippen molar-refractivity contribution in [2.45, 2.75) is 44.7 Å². The van der Waals surface area contributed by atoms with Gasteiger partial charge in [-0.15, -0.1) is 0 Å². The minimum Gasteiger partial charge on any atom is -0.396 e. The van der Waals surface area contributed by atoms with Crippen molar-refractivity contribution in [3.63, 3.8) is 0 Å². The standard InChI is InChI=1S/C8H17NO/c1-2-7-3-4-8(9-7)5-6-10/h7-10H,2-6H2,1H3. The summed E-state index contributed by atoms with van der Waals surface area (Å²) >= 11 is 0. The lowest BCUT2D eigenvalue weighted by molar-refractivity contribution is 0.269. The first-order valence-corrected chi connectivity index (χ1v) is 4.23. The van der Waals surface area contributed by atoms with Crippen LogP contribution >= 0.6 is 0 Å². The quantitative estimate of drug-likeness (QED) is 0.615. The molecule has 0 aliphatic carbocycles. The van der Waals surface area contributed by atoms with Crippen molar-refractivity contribution in [1.82, 2.24) is 5.32 Å². The lowest BCUT2D eigenvalue weighted by Crippen LogP contribution is -2.29. The zero-order chi connectivity index (χ0) is 7.40. The van der Waals surface area contributed by atoms with Gasteiger partial charge in [-0.05, 0) is 25.7 Å². The third-order valence-corrected chi connectivity index (χ3v) is 2.31. The molecule has 0 saturated carbocycles. The van der Waals surface area contributed by atoms with Crippen molar-refractivity contribution in [2.75, 3.05) is 6.61 Å². The molecule has 2 N–H and O–H groups in total. The van der Waals surface area contributed by atoms with Crippen LogP contribution in [0.3, 0.4) is 0 Å². The molecule has 1 aliphatic heterocycles. The van der Waals surface area contributed by atoms with Crippen molar-refractivity contribution in [3.8, 4) is 0 Å². The average Bonchev–Trinajstić information content (AvgIpc) is 2.37. The molecule has 2 unspecified atom stereocenters. The van der Waals surface area contributed by atoms with Gasteiger partial charge in [-0.3, -0.25) is 0 Å². The van der Waals surface area contributed by atoms with Gasteiger partial charge in [0.05, 0.1) is 0 Å². The summed E-state index contributed by atoms with van der Waals surface area (Å²) in [4.78, 5) is 0. The summed E-state index contributed by atoms with van der Waals surface area (Å²) in [6.07, 6.45) is 4.69. The van der Waals surface area contributed by atoms with E-state index in [1.54, 1.807) is 0 Å². The summed E-state index contributed by atoms with van der Waals surface area (Å²) in [6.45, 7) is 2.53. The molecule has 0 radical (unpaired) electrons. The molecule has 0 amide bonds. The maximum absolute atomic E-state index is 8.65. The van der Waals surface area contributed by atoms with E-state index >= 15 is 0 Å². The van der Waals surface area contributed by atoms with Gasteiger partial charge in [0, 0.05) is 18.7 Å². The van der Waals surface area contributed by atoms with Crippen LogP contribution in [0.4, 0.5) is 0 Å². The van der Waals surface area contributed by atoms with Crippen molar-refractivity contribution in [2.24, 2.45) is 0 Å². The van der Waals surface area contributed by atoms with Crippen LogP contribution in [0.2, 0.25) is 0 Å². The molecule has 0 spiro atoms. The molecule has 0 bridgehead atoms. The zero-order valence-corrected chi connectivity index (χ0v) is 6.64. The van der Waals surface area contributed by atoms with Gasteiger partial charge < -0.3 is 10.4 Å². The van der Waals surface area contributed by atoms with Gasteiger partial charge in [-0.25, -0.2) is 0 Å². The van der Waals surface area contributed by atoms with Crippen molar-refractivity contribution >= 4 is 0 Å². The number of rotatable bonds is 3. The van der Waals surface area contributed by atoms with E-state index < -0.39 is 0 Å². The first kappa shape index (κ1) is 8.02. The normalized spacial score (nSPS) is 33.0. The van der Waals surface area contributed by atoms with Crippen LogP contribution in [0.5, 0.6) is 0 Å². The van der Waals surface area contributed by atoms with Crippen LogP contribution in [0.15, 0.2) is 0 Å². The van der Waals surface area contributed by atoms with Crippen LogP contribution in [0, 0.1) is 0 Å². The second kappa shape index (κ2) is 3.94. The van der Waals surface area contributed by atoms with Crippen LogP contribution in [-0.2, 0) is 0 Å². The highest BCUT2D eigenvalue weighted by atomic mass is 16.3. The Labute approximate surface area is 62.6 Å². The molecule has 2 heteroatoms. The smallest absolute Gasteiger partial charge is 0.0445 e. The largest absolute Gasteiger partial charge is 0.396 e. The van der Waals surface area contributed by atoms with E-state index in [1.807, 2.05) is 0 Å². The van der Waals surface area contributed by atoms with Crippen molar-refractivity contribution in [3.05, 3.63) is 0 Å². The lowest BCUT2D eigenvalue weighted by atomic mass is 10.1. The Kier molecular flexibility index (Phi) is 3.16. The van der Waals surface area contributed by atoms with Gasteiger partial charge in [0.1, 0.15) is 0 Å². The monoisotopic (exact) mass is 143 g/mol. The maximum atomic E-state index is 8.65. The Morgan fingerprint density at radius 1 is 1.40 bits per heavy atom. The molecule has 60 valence electrons. The molecule has 1 aliphatic rings. The van der Waals surface area contributed by atoms with Gasteiger partial charge >= 0.3 is 0 Å². The summed E-state index contributed by atoms with van der Waals surface area (Å²) in [5.41, 5.74) is 0. The first-order valence-electron chi connectivity index (χ1n) is 4.23. The van der Waals surface area contributed by atoms with Crippen molar-refractivity contribution < 1.29 is 5.11 Å². The highest BCUT2D eigenvalue weighted by Gasteiger charge is 2.20. The molecule has 1 heterocycles. The summed E-state index contributed by atoms with van der Waals surface area (Å²) in [5, 5.41) is 12.1. The minimum atomic E-state index is 0.327. The Hall–Kier alpha value is -0.0800. The van der Waals surface area contributed by atoms with Crippen LogP contribution in [0.25, 0.3) is 0 Å². The third kappa shape index (κ3) is 1.96. The van der Waals surface area contributed by atoms with Gasteiger partial charge in [-0.1, -0.05) is 6.92 Å². The second-order valence-corrected chi connectivity index (χ2v) is 3.06. The highest BCUT2D eigenvalue weighted by molar-refractivity contribution is 4.81. The number of nitrogens with one attached hydrogen (secondary N) is 1. The fourth-order valence-electron chi connectivity index (χ4n) is 1.61. The van der Waals surface area contributed by atoms with Gasteiger partial charge in [0.15, 0.2) is 0 Å². The SMILES string of the molecule is CCC1CCC(CCO)N1. The Bertz CT molecular complexity index is 95.3. The number of aliphatic hydroxyl groups is 1. The predicted octanol–water partition coefficient (Wildman–Crippen LogP) is 0.899. The van der Waals surface area contributed by atoms with E-state index in [4.69, 9.17) is 5.11 Å². The molecule has 1 saturated heterocycles. The van der Waals surface area contributed by atoms with Crippen molar-refractivity contribution in [1.29, 1.82) is 0 Å². The lowest BCUT2D eigenvalue weighted by Gasteiger charge is -2.10. The molecule has 1 rings (SSSR count). The number of aliphatic hydroxyl groups excluding tert-OH is 1. The Balaban J connectivity index is 2.15. The predicted molar refractivity (Wildman–Crippen MR) is 41.9 cm³/mol. The topological polar surface area (TPSA) is 32.3 Å². The van der Waals surface area contributed by atoms with E-state index in [2.05, 4.69) is 12.2 Å². The number of hydrogen-bond acceptors (Lipinski definition) is 2. The second-order valence-electron chi connectivity index (χ2n) is 3.06. The molecular formula is C8H17NO. The van der Waals surface area contributed by atoms with Gasteiger partial charge in [-0.2, -0.15) is 0 Å². The van der Waals surface area contributed by atoms with E-state index in [1.165, 1.54) is 19.3 Å². The van der Waals surface area contributed by atoms with Gasteiger partial charge in [0.25, 0.3) is 0 Å². The summed E-state index contributed by atoms with van der Waals surface area (Å²) < 4.78 is 0. The molecule has 1 fully saturated rings. The fraction of sp³-hybridized carbons (Fsp3) is 1.00. The number of hydrogen-bond donors (Lipinski definition) is 2. The van der Waals surface area contributed by atoms with Gasteiger partial charge in [0.2, 0.25) is 0 Å². The zero-order valence-electron chi connectivity index (χ0n) is 6.64. The summed E-state index contributed by atoms with van der Waals surface area (Å²) in [7, 11) is 0. The summed E-state index contributed by atoms with van der Waals surface area (Å²) in [5.74, 6) is 0. The van der Waals surface area contributed by atoms with Crippen LogP contribution in [-0.4, -0.2) is 23.8 Å². The first-order chi connectivity index (χ1) is 4.86. The van der Waals surface area contributed by atoms with Crippen LogP contribution < -0.4 is 5.32 Å². The summed E-state index contributed by atoms with van der Waals surface area (Å²) in [6, 6.07) is 1.31. The fourth-order valence-corrected chi connectivity index (χ4v) is 1.61. The Morgan fingerprint density at radius 3 is 2.60 bits per heavy atom. The third-order valence-electron chi connectivity index (χ3n) is 2.31. The van der Waals surface area contributed by atoms with E-state index in [9.17, 15) is 0 Å². The molecule has 0 aromatic rings. The molecule has 0 aromatic heterocycles. The molecule has 0 aromatic carbocycles. The van der Waals surface area contributed by atoms with Crippen LogP contribution in [0.1, 0.15) is 32.6 Å². The molecule has 2 nitrogen and oxygen atoms in total.